The quantitative estimate of drug-likeness (QED) is 0.880. The summed E-state index contributed by atoms with van der Waals surface area (Å²) >= 11 is 0. The van der Waals surface area contributed by atoms with Gasteiger partial charge in [0, 0.05) is 6.07 Å². The fourth-order valence-corrected chi connectivity index (χ4v) is 2.16. The monoisotopic (exact) mass is 238 g/mol. The number of carbonyl (C=O) groups is 1. The number of carboxylic acids is 1. The second kappa shape index (κ2) is 5.17. The molecule has 1 saturated carbocycles. The molecule has 1 fully saturated rings. The van der Waals surface area contributed by atoms with Crippen molar-refractivity contribution in [3.8, 4) is 5.75 Å². The zero-order valence-corrected chi connectivity index (χ0v) is 9.43. The fraction of sp³-hybridized carbons (Fsp3) is 0.462. The highest BCUT2D eigenvalue weighted by Gasteiger charge is 2.26. The Hall–Kier alpha value is -1.58. The minimum atomic E-state index is -0.728. The van der Waals surface area contributed by atoms with Crippen LogP contribution in [0.1, 0.15) is 25.7 Å². The summed E-state index contributed by atoms with van der Waals surface area (Å²) in [5.41, 5.74) is 0. The topological polar surface area (TPSA) is 46.5 Å². The van der Waals surface area contributed by atoms with Crippen LogP contribution >= 0.6 is 0 Å². The first-order chi connectivity index (χ1) is 8.15. The average molecular weight is 238 g/mol. The molecule has 92 valence electrons. The molecule has 1 aliphatic rings. The lowest BCUT2D eigenvalue weighted by Gasteiger charge is -2.26. The van der Waals surface area contributed by atoms with E-state index in [2.05, 4.69) is 0 Å². The Bertz CT molecular complexity index is 397. The standard InChI is InChI=1S/C13H15FO3/c14-10-2-1-3-12(8-10)17-11-6-4-9(5-7-11)13(15)16/h1-3,8-9,11H,4-7H2,(H,15,16)/t9-,11-. The number of hydrogen-bond donors (Lipinski definition) is 1. The van der Waals surface area contributed by atoms with E-state index in [4.69, 9.17) is 9.84 Å². The summed E-state index contributed by atoms with van der Waals surface area (Å²) in [5, 5.41) is 8.86. The molecule has 4 heteroatoms. The summed E-state index contributed by atoms with van der Waals surface area (Å²) in [6.45, 7) is 0. The van der Waals surface area contributed by atoms with Crippen LogP contribution < -0.4 is 4.74 Å². The highest BCUT2D eigenvalue weighted by molar-refractivity contribution is 5.70. The maximum Gasteiger partial charge on any atom is 0.306 e. The predicted molar refractivity (Wildman–Crippen MR) is 60.4 cm³/mol. The Kier molecular flexibility index (Phi) is 3.61. The molecule has 0 atom stereocenters. The van der Waals surface area contributed by atoms with Crippen molar-refractivity contribution in [2.75, 3.05) is 0 Å². The predicted octanol–water partition coefficient (Wildman–Crippen LogP) is 2.85. The minimum Gasteiger partial charge on any atom is -0.490 e. The van der Waals surface area contributed by atoms with Crippen molar-refractivity contribution in [2.24, 2.45) is 5.92 Å². The van der Waals surface area contributed by atoms with Gasteiger partial charge in [0.05, 0.1) is 12.0 Å². The van der Waals surface area contributed by atoms with Gasteiger partial charge in [-0.3, -0.25) is 4.79 Å². The highest BCUT2D eigenvalue weighted by Crippen LogP contribution is 2.27. The Morgan fingerprint density at radius 1 is 1.29 bits per heavy atom. The van der Waals surface area contributed by atoms with E-state index in [1.165, 1.54) is 12.1 Å². The van der Waals surface area contributed by atoms with Crippen molar-refractivity contribution in [3.05, 3.63) is 30.1 Å². The van der Waals surface area contributed by atoms with Gasteiger partial charge in [0.25, 0.3) is 0 Å². The van der Waals surface area contributed by atoms with Crippen LogP contribution in [-0.4, -0.2) is 17.2 Å². The zero-order chi connectivity index (χ0) is 12.3. The molecular weight excluding hydrogens is 223 g/mol. The summed E-state index contributed by atoms with van der Waals surface area (Å²) in [7, 11) is 0. The van der Waals surface area contributed by atoms with E-state index in [1.54, 1.807) is 12.1 Å². The summed E-state index contributed by atoms with van der Waals surface area (Å²) < 4.78 is 18.6. The lowest BCUT2D eigenvalue weighted by atomic mass is 9.87. The van der Waals surface area contributed by atoms with Gasteiger partial charge in [-0.2, -0.15) is 0 Å². The van der Waals surface area contributed by atoms with E-state index < -0.39 is 5.97 Å². The molecule has 0 heterocycles. The molecule has 2 rings (SSSR count). The van der Waals surface area contributed by atoms with Crippen LogP contribution in [0, 0.1) is 11.7 Å². The van der Waals surface area contributed by atoms with Gasteiger partial charge in [0.2, 0.25) is 0 Å². The first-order valence-corrected chi connectivity index (χ1v) is 5.80. The Morgan fingerprint density at radius 2 is 2.00 bits per heavy atom. The maximum atomic E-state index is 12.9. The molecule has 0 amide bonds. The van der Waals surface area contributed by atoms with Crippen molar-refractivity contribution < 1.29 is 19.0 Å². The molecule has 1 aromatic rings. The zero-order valence-electron chi connectivity index (χ0n) is 9.43. The second-order valence-electron chi connectivity index (χ2n) is 4.39. The molecule has 1 aliphatic carbocycles. The molecule has 17 heavy (non-hydrogen) atoms. The van der Waals surface area contributed by atoms with Gasteiger partial charge < -0.3 is 9.84 Å². The molecule has 0 bridgehead atoms. The van der Waals surface area contributed by atoms with Crippen LogP contribution in [-0.2, 0) is 4.79 Å². The summed E-state index contributed by atoms with van der Waals surface area (Å²) in [4.78, 5) is 10.8. The number of rotatable bonds is 3. The van der Waals surface area contributed by atoms with Gasteiger partial charge in [0.15, 0.2) is 0 Å². The van der Waals surface area contributed by atoms with Crippen molar-refractivity contribution in [3.63, 3.8) is 0 Å². The fourth-order valence-electron chi connectivity index (χ4n) is 2.16. The van der Waals surface area contributed by atoms with E-state index in [1.807, 2.05) is 0 Å². The SMILES string of the molecule is O=C(O)[C@H]1CC[C@H](Oc2cccc(F)c2)CC1. The van der Waals surface area contributed by atoms with Gasteiger partial charge in [-0.1, -0.05) is 6.07 Å². The normalized spacial score (nSPS) is 24.3. The molecule has 0 saturated heterocycles. The lowest BCUT2D eigenvalue weighted by Crippen LogP contribution is -2.27. The summed E-state index contributed by atoms with van der Waals surface area (Å²) in [6.07, 6.45) is 2.71. The molecule has 0 spiro atoms. The Labute approximate surface area is 99.2 Å². The molecule has 1 aromatic carbocycles. The molecule has 1 N–H and O–H groups in total. The van der Waals surface area contributed by atoms with Crippen LogP contribution in [0.2, 0.25) is 0 Å². The van der Waals surface area contributed by atoms with Crippen LogP contribution in [0.25, 0.3) is 0 Å². The van der Waals surface area contributed by atoms with Crippen molar-refractivity contribution in [2.45, 2.75) is 31.8 Å². The number of aliphatic carboxylic acids is 1. The minimum absolute atomic E-state index is 0.00685. The van der Waals surface area contributed by atoms with Crippen LogP contribution in [0.3, 0.4) is 0 Å². The lowest BCUT2D eigenvalue weighted by molar-refractivity contribution is -0.143. The van der Waals surface area contributed by atoms with Gasteiger partial charge >= 0.3 is 5.97 Å². The summed E-state index contributed by atoms with van der Waals surface area (Å²) in [6, 6.07) is 6.04. The molecule has 3 nitrogen and oxygen atoms in total. The first kappa shape index (κ1) is 11.9. The maximum absolute atomic E-state index is 12.9. The smallest absolute Gasteiger partial charge is 0.306 e. The van der Waals surface area contributed by atoms with Gasteiger partial charge in [-0.15, -0.1) is 0 Å². The number of carboxylic acid groups (broad SMARTS) is 1. The third-order valence-corrected chi connectivity index (χ3v) is 3.12. The highest BCUT2D eigenvalue weighted by atomic mass is 19.1. The molecule has 0 aliphatic heterocycles. The molecule has 0 radical (unpaired) electrons. The number of benzene rings is 1. The molecule has 0 unspecified atom stereocenters. The Morgan fingerprint density at radius 3 is 2.59 bits per heavy atom. The number of halogens is 1. The van der Waals surface area contributed by atoms with E-state index in [0.717, 1.165) is 0 Å². The molecular formula is C13H15FO3. The van der Waals surface area contributed by atoms with E-state index in [-0.39, 0.29) is 17.8 Å². The Balaban J connectivity index is 1.88. The van der Waals surface area contributed by atoms with Crippen molar-refractivity contribution in [1.29, 1.82) is 0 Å². The van der Waals surface area contributed by atoms with Gasteiger partial charge in [-0.25, -0.2) is 4.39 Å². The van der Waals surface area contributed by atoms with Crippen LogP contribution in [0.15, 0.2) is 24.3 Å². The molecule has 0 aromatic heterocycles. The third kappa shape index (κ3) is 3.19. The van der Waals surface area contributed by atoms with E-state index in [0.29, 0.717) is 31.4 Å². The van der Waals surface area contributed by atoms with Crippen LogP contribution in [0.4, 0.5) is 4.39 Å². The van der Waals surface area contributed by atoms with Crippen LogP contribution in [0.5, 0.6) is 5.75 Å². The van der Waals surface area contributed by atoms with E-state index in [9.17, 15) is 9.18 Å². The second-order valence-corrected chi connectivity index (χ2v) is 4.39. The number of hydrogen-bond acceptors (Lipinski definition) is 2. The van der Waals surface area contributed by atoms with Crippen molar-refractivity contribution in [1.82, 2.24) is 0 Å². The third-order valence-electron chi connectivity index (χ3n) is 3.12. The van der Waals surface area contributed by atoms with Crippen molar-refractivity contribution >= 4 is 5.97 Å². The first-order valence-electron chi connectivity index (χ1n) is 5.80. The van der Waals surface area contributed by atoms with E-state index >= 15 is 0 Å². The van der Waals surface area contributed by atoms with Gasteiger partial charge in [0.1, 0.15) is 11.6 Å². The van der Waals surface area contributed by atoms with Gasteiger partial charge in [-0.05, 0) is 37.8 Å². The number of ether oxygens (including phenoxy) is 1. The average Bonchev–Trinajstić information content (AvgIpc) is 2.29. The summed E-state index contributed by atoms with van der Waals surface area (Å²) in [5.74, 6) is -0.776. The largest absolute Gasteiger partial charge is 0.490 e.